The van der Waals surface area contributed by atoms with Crippen molar-refractivity contribution in [1.82, 2.24) is 0 Å². The van der Waals surface area contributed by atoms with Crippen molar-refractivity contribution in [1.29, 1.82) is 0 Å². The maximum absolute atomic E-state index is 11.0. The Morgan fingerprint density at radius 3 is 3.00 bits per heavy atom. The molecule has 1 N–H and O–H groups in total. The molecule has 0 saturated carbocycles. The van der Waals surface area contributed by atoms with Crippen molar-refractivity contribution in [2.75, 3.05) is 11.9 Å². The standard InChI is InChI=1S/C11H12ClNO2S/c1-2-15-11(14)5-6-13-9-4-3-8(12)7-10(9)16/h3-7,13,16H,2H2,1H3/b6-5+. The van der Waals surface area contributed by atoms with Crippen LogP contribution in [0.25, 0.3) is 0 Å². The first-order chi connectivity index (χ1) is 7.63. The summed E-state index contributed by atoms with van der Waals surface area (Å²) >= 11 is 10.0. The van der Waals surface area contributed by atoms with Gasteiger partial charge in [-0.15, -0.1) is 12.6 Å². The van der Waals surface area contributed by atoms with Crippen molar-refractivity contribution in [3.8, 4) is 0 Å². The first-order valence-corrected chi connectivity index (χ1v) is 5.54. The predicted octanol–water partition coefficient (Wildman–Crippen LogP) is 3.12. The lowest BCUT2D eigenvalue weighted by molar-refractivity contribution is -0.137. The van der Waals surface area contributed by atoms with Gasteiger partial charge in [0.25, 0.3) is 0 Å². The van der Waals surface area contributed by atoms with E-state index in [1.54, 1.807) is 25.1 Å². The quantitative estimate of drug-likeness (QED) is 0.495. The van der Waals surface area contributed by atoms with Crippen molar-refractivity contribution in [2.24, 2.45) is 0 Å². The van der Waals surface area contributed by atoms with Crippen molar-refractivity contribution in [3.63, 3.8) is 0 Å². The Morgan fingerprint density at radius 2 is 2.38 bits per heavy atom. The smallest absolute Gasteiger partial charge is 0.332 e. The number of halogens is 1. The third-order valence-corrected chi connectivity index (χ3v) is 2.31. The molecule has 16 heavy (non-hydrogen) atoms. The van der Waals surface area contributed by atoms with Gasteiger partial charge in [-0.2, -0.15) is 0 Å². The topological polar surface area (TPSA) is 38.3 Å². The number of nitrogens with one attached hydrogen (secondary N) is 1. The van der Waals surface area contributed by atoms with E-state index in [2.05, 4.69) is 17.9 Å². The molecule has 0 bridgehead atoms. The van der Waals surface area contributed by atoms with E-state index in [1.807, 2.05) is 0 Å². The molecule has 0 fully saturated rings. The SMILES string of the molecule is CCOC(=O)/C=C/Nc1ccc(Cl)cc1S. The molecule has 0 saturated heterocycles. The fraction of sp³-hybridized carbons (Fsp3) is 0.182. The second-order valence-electron chi connectivity index (χ2n) is 2.89. The first kappa shape index (κ1) is 12.9. The van der Waals surface area contributed by atoms with E-state index in [9.17, 15) is 4.79 Å². The first-order valence-electron chi connectivity index (χ1n) is 4.72. The van der Waals surface area contributed by atoms with Gasteiger partial charge in [-0.25, -0.2) is 4.79 Å². The fourth-order valence-electron chi connectivity index (χ4n) is 1.02. The van der Waals surface area contributed by atoms with E-state index in [1.165, 1.54) is 12.3 Å². The molecule has 3 nitrogen and oxygen atoms in total. The Morgan fingerprint density at radius 1 is 1.62 bits per heavy atom. The van der Waals surface area contributed by atoms with Gasteiger partial charge in [0.15, 0.2) is 0 Å². The van der Waals surface area contributed by atoms with Crippen LogP contribution in [0.3, 0.4) is 0 Å². The zero-order valence-electron chi connectivity index (χ0n) is 8.74. The minimum absolute atomic E-state index is 0.363. The molecule has 0 atom stereocenters. The van der Waals surface area contributed by atoms with Crippen LogP contribution in [0.1, 0.15) is 6.92 Å². The lowest BCUT2D eigenvalue weighted by Gasteiger charge is -2.04. The van der Waals surface area contributed by atoms with Crippen LogP contribution < -0.4 is 5.32 Å². The van der Waals surface area contributed by atoms with Gasteiger partial charge in [0.2, 0.25) is 0 Å². The third kappa shape index (κ3) is 4.16. The summed E-state index contributed by atoms with van der Waals surface area (Å²) < 4.78 is 4.72. The van der Waals surface area contributed by atoms with Crippen LogP contribution in [0.5, 0.6) is 0 Å². The van der Waals surface area contributed by atoms with Gasteiger partial charge in [0.1, 0.15) is 0 Å². The molecule has 0 aliphatic heterocycles. The Balaban J connectivity index is 2.57. The molecular formula is C11H12ClNO2S. The van der Waals surface area contributed by atoms with Gasteiger partial charge < -0.3 is 10.1 Å². The molecule has 1 rings (SSSR count). The third-order valence-electron chi connectivity index (χ3n) is 1.70. The van der Waals surface area contributed by atoms with Gasteiger partial charge in [-0.1, -0.05) is 11.6 Å². The zero-order valence-corrected chi connectivity index (χ0v) is 10.4. The number of rotatable bonds is 4. The van der Waals surface area contributed by atoms with E-state index in [0.29, 0.717) is 16.5 Å². The summed E-state index contributed by atoms with van der Waals surface area (Å²) in [4.78, 5) is 11.7. The highest BCUT2D eigenvalue weighted by Crippen LogP contribution is 2.23. The van der Waals surface area contributed by atoms with E-state index < -0.39 is 0 Å². The number of hydrogen-bond donors (Lipinski definition) is 2. The number of ether oxygens (including phenoxy) is 1. The summed E-state index contributed by atoms with van der Waals surface area (Å²) in [7, 11) is 0. The van der Waals surface area contributed by atoms with Gasteiger partial charge in [-0.3, -0.25) is 0 Å². The molecule has 0 aliphatic rings. The fourth-order valence-corrected chi connectivity index (χ4v) is 1.54. The highest BCUT2D eigenvalue weighted by atomic mass is 35.5. The highest BCUT2D eigenvalue weighted by Gasteiger charge is 1.98. The molecule has 0 spiro atoms. The Bertz CT molecular complexity index is 407. The Labute approximate surface area is 105 Å². The number of benzene rings is 1. The maximum atomic E-state index is 11.0. The zero-order chi connectivity index (χ0) is 12.0. The van der Waals surface area contributed by atoms with Crippen LogP contribution in [0.4, 0.5) is 5.69 Å². The summed E-state index contributed by atoms with van der Waals surface area (Å²) in [5.41, 5.74) is 0.772. The van der Waals surface area contributed by atoms with E-state index >= 15 is 0 Å². The molecule has 5 heteroatoms. The molecule has 0 heterocycles. The number of anilines is 1. The van der Waals surface area contributed by atoms with Crippen LogP contribution >= 0.6 is 24.2 Å². The van der Waals surface area contributed by atoms with Crippen LogP contribution in [0.15, 0.2) is 35.4 Å². The summed E-state index contributed by atoms with van der Waals surface area (Å²) in [6.07, 6.45) is 2.81. The van der Waals surface area contributed by atoms with Crippen molar-refractivity contribution >= 4 is 35.9 Å². The van der Waals surface area contributed by atoms with Crippen LogP contribution in [-0.2, 0) is 9.53 Å². The highest BCUT2D eigenvalue weighted by molar-refractivity contribution is 7.80. The van der Waals surface area contributed by atoms with Crippen molar-refractivity contribution < 1.29 is 9.53 Å². The minimum Gasteiger partial charge on any atom is -0.463 e. The lowest BCUT2D eigenvalue weighted by atomic mass is 10.3. The summed E-state index contributed by atoms with van der Waals surface area (Å²) in [5.74, 6) is -0.385. The minimum atomic E-state index is -0.385. The van der Waals surface area contributed by atoms with Crippen molar-refractivity contribution in [2.45, 2.75) is 11.8 Å². The summed E-state index contributed by atoms with van der Waals surface area (Å²) in [5, 5.41) is 3.53. The molecule has 0 amide bonds. The Hall–Kier alpha value is -1.13. The lowest BCUT2D eigenvalue weighted by Crippen LogP contribution is -2.00. The maximum Gasteiger partial charge on any atom is 0.332 e. The summed E-state index contributed by atoms with van der Waals surface area (Å²) in [6.45, 7) is 2.12. The second kappa shape index (κ2) is 6.45. The van der Waals surface area contributed by atoms with Gasteiger partial charge in [-0.05, 0) is 25.1 Å². The largest absolute Gasteiger partial charge is 0.463 e. The predicted molar refractivity (Wildman–Crippen MR) is 68.1 cm³/mol. The van der Waals surface area contributed by atoms with Gasteiger partial charge in [0.05, 0.1) is 12.3 Å². The molecule has 0 radical (unpaired) electrons. The molecule has 0 aliphatic carbocycles. The monoisotopic (exact) mass is 257 g/mol. The van der Waals surface area contributed by atoms with Crippen LogP contribution in [-0.4, -0.2) is 12.6 Å². The molecule has 1 aromatic rings. The van der Waals surface area contributed by atoms with Gasteiger partial charge in [0, 0.05) is 22.2 Å². The molecule has 0 aromatic heterocycles. The number of carbonyl (C=O) groups excluding carboxylic acids is 1. The van der Waals surface area contributed by atoms with E-state index in [4.69, 9.17) is 16.3 Å². The van der Waals surface area contributed by atoms with E-state index in [-0.39, 0.29) is 5.97 Å². The number of hydrogen-bond acceptors (Lipinski definition) is 4. The molecule has 1 aromatic carbocycles. The van der Waals surface area contributed by atoms with Crippen molar-refractivity contribution in [3.05, 3.63) is 35.5 Å². The second-order valence-corrected chi connectivity index (χ2v) is 3.81. The van der Waals surface area contributed by atoms with E-state index in [0.717, 1.165) is 5.69 Å². The average Bonchev–Trinajstić information content (AvgIpc) is 2.22. The average molecular weight is 258 g/mol. The normalized spacial score (nSPS) is 10.4. The van der Waals surface area contributed by atoms with Crippen LogP contribution in [0, 0.1) is 0 Å². The van der Waals surface area contributed by atoms with Gasteiger partial charge >= 0.3 is 5.97 Å². The summed E-state index contributed by atoms with van der Waals surface area (Å²) in [6, 6.07) is 5.23. The molecule has 86 valence electrons. The molecular weight excluding hydrogens is 246 g/mol. The number of thiol groups is 1. The number of esters is 1. The molecule has 0 unspecified atom stereocenters. The van der Waals surface area contributed by atoms with Crippen LogP contribution in [0.2, 0.25) is 5.02 Å². The number of carbonyl (C=O) groups is 1. The Kier molecular flexibility index (Phi) is 5.22.